The van der Waals surface area contributed by atoms with Crippen molar-refractivity contribution in [2.24, 2.45) is 5.73 Å². The Labute approximate surface area is 190 Å². The van der Waals surface area contributed by atoms with Gasteiger partial charge in [0.1, 0.15) is 22.4 Å². The molecule has 1 aromatic carbocycles. The molecule has 0 fully saturated rings. The Kier molecular flexibility index (Phi) is 7.45. The molecule has 0 spiro atoms. The topological polar surface area (TPSA) is 103 Å². The first kappa shape index (κ1) is 25.9. The summed E-state index contributed by atoms with van der Waals surface area (Å²) in [4.78, 5) is 25.4. The van der Waals surface area contributed by atoms with Crippen LogP contribution in [0.4, 0.5) is 18.9 Å². The molecule has 0 bridgehead atoms. The molecule has 1 aliphatic heterocycles. The fourth-order valence-corrected chi connectivity index (χ4v) is 3.39. The molecule has 0 saturated heterocycles. The van der Waals surface area contributed by atoms with Crippen LogP contribution in [0.3, 0.4) is 0 Å². The highest BCUT2D eigenvalue weighted by Gasteiger charge is 2.50. The summed E-state index contributed by atoms with van der Waals surface area (Å²) in [5.41, 5.74) is 3.98. The number of anilines is 1. The molecule has 0 saturated carbocycles. The van der Waals surface area contributed by atoms with Gasteiger partial charge in [0.15, 0.2) is 5.54 Å². The number of nitrogens with two attached hydrogens (primary N) is 1. The summed E-state index contributed by atoms with van der Waals surface area (Å²) in [5, 5.41) is 4.87. The van der Waals surface area contributed by atoms with E-state index in [-0.39, 0.29) is 18.1 Å². The molecule has 11 heteroatoms. The highest BCUT2D eigenvalue weighted by Crippen LogP contribution is 2.37. The Morgan fingerprint density at radius 2 is 1.94 bits per heavy atom. The zero-order valence-electron chi connectivity index (χ0n) is 18.6. The molecule has 7 nitrogen and oxygen atoms in total. The molecule has 178 valence electrons. The quantitative estimate of drug-likeness (QED) is 0.427. The van der Waals surface area contributed by atoms with Gasteiger partial charge in [0.25, 0.3) is 0 Å². The second kappa shape index (κ2) is 9.22. The summed E-state index contributed by atoms with van der Waals surface area (Å²) in [6.45, 7) is 8.28. The average Bonchev–Trinajstić information content (AvgIpc) is 2.65. The molecule has 1 aliphatic rings. The average molecular weight is 476 g/mol. The van der Waals surface area contributed by atoms with Gasteiger partial charge in [-0.3, -0.25) is 4.79 Å². The van der Waals surface area contributed by atoms with Crippen molar-refractivity contribution in [2.45, 2.75) is 76.9 Å². The van der Waals surface area contributed by atoms with Gasteiger partial charge in [-0.05, 0) is 51.8 Å². The normalized spacial score (nSPS) is 19.0. The second-order valence-electron chi connectivity index (χ2n) is 8.64. The first-order chi connectivity index (χ1) is 14.6. The number of benzene rings is 1. The van der Waals surface area contributed by atoms with E-state index in [1.165, 1.54) is 18.2 Å². The summed E-state index contributed by atoms with van der Waals surface area (Å²) in [5.74, 6) is -2.73. The van der Waals surface area contributed by atoms with E-state index in [0.29, 0.717) is 22.8 Å². The molecule has 1 amide bonds. The highest BCUT2D eigenvalue weighted by atomic mass is 32.1. The molecule has 1 heterocycles. The first-order valence-corrected chi connectivity index (χ1v) is 10.5. The maximum Gasteiger partial charge on any atom is 0.471 e. The van der Waals surface area contributed by atoms with Crippen LogP contribution in [-0.4, -0.2) is 40.8 Å². The van der Waals surface area contributed by atoms with Crippen molar-refractivity contribution in [2.75, 3.05) is 5.32 Å². The number of halogens is 3. The minimum atomic E-state index is -5.14. The van der Waals surface area contributed by atoms with E-state index >= 15 is 0 Å². The number of ether oxygens (including phenoxy) is 2. The predicted molar refractivity (Wildman–Crippen MR) is 117 cm³/mol. The number of thiocarbonyl (C=S) groups is 1. The fraction of sp³-hybridized carbons (Fsp3) is 0.571. The van der Waals surface area contributed by atoms with E-state index in [2.05, 4.69) is 5.32 Å². The van der Waals surface area contributed by atoms with E-state index in [4.69, 9.17) is 27.4 Å². The zero-order valence-corrected chi connectivity index (χ0v) is 19.4. The molecule has 3 unspecified atom stereocenters. The lowest BCUT2D eigenvalue weighted by molar-refractivity contribution is -0.176. The van der Waals surface area contributed by atoms with Crippen molar-refractivity contribution in [3.63, 3.8) is 0 Å². The van der Waals surface area contributed by atoms with E-state index in [0.717, 1.165) is 0 Å². The number of alkyl halides is 3. The Hall–Kier alpha value is -2.40. The maximum atomic E-state index is 13.3. The van der Waals surface area contributed by atoms with Crippen LogP contribution < -0.4 is 21.1 Å². The summed E-state index contributed by atoms with van der Waals surface area (Å²) in [7, 11) is 0. The van der Waals surface area contributed by atoms with Crippen LogP contribution in [0, 0.1) is 0 Å². The minimum absolute atomic E-state index is 0.00593. The molecule has 3 atom stereocenters. The highest BCUT2D eigenvalue weighted by molar-refractivity contribution is 7.80. The number of fused-ring (bicyclic) bond motifs is 1. The van der Waals surface area contributed by atoms with Gasteiger partial charge >= 0.3 is 18.1 Å². The van der Waals surface area contributed by atoms with Gasteiger partial charge in [-0.15, -0.1) is 0 Å². The van der Waals surface area contributed by atoms with Crippen molar-refractivity contribution < 1.29 is 32.2 Å². The lowest BCUT2D eigenvalue weighted by Gasteiger charge is -2.39. The molecule has 1 aromatic rings. The van der Waals surface area contributed by atoms with Gasteiger partial charge in [-0.2, -0.15) is 13.2 Å². The molecule has 2 rings (SSSR count). The first-order valence-electron chi connectivity index (χ1n) is 10.1. The number of hydrogen-bond donors (Lipinski definition) is 3. The monoisotopic (exact) mass is 475 g/mol. The van der Waals surface area contributed by atoms with Crippen LogP contribution in [0.25, 0.3) is 0 Å². The van der Waals surface area contributed by atoms with E-state index < -0.39 is 35.2 Å². The van der Waals surface area contributed by atoms with E-state index in [1.54, 1.807) is 34.6 Å². The number of esters is 1. The van der Waals surface area contributed by atoms with Crippen molar-refractivity contribution in [3.8, 4) is 5.75 Å². The fourth-order valence-electron chi connectivity index (χ4n) is 3.23. The van der Waals surface area contributed by atoms with Crippen LogP contribution in [0.15, 0.2) is 18.2 Å². The molecule has 32 heavy (non-hydrogen) atoms. The SMILES string of the molecule is CCCC(NC(=O)C(F)(F)F)C(N)(C(=O)OC(C)(C)C)c1ccc2c(c1)NC(=S)C(C)O2. The standard InChI is InChI=1S/C21H28F3N3O4S/c1-6-7-15(27-17(28)21(22,23)24)20(25,18(29)31-19(3,4)5)12-8-9-14-13(10-12)26-16(32)11(2)30-14/h8-11,15H,6-7,25H2,1-5H3,(H,26,32)(H,27,28). The number of amides is 1. The molecular formula is C21H28F3N3O4S. The van der Waals surface area contributed by atoms with Crippen LogP contribution in [0.1, 0.15) is 53.0 Å². The predicted octanol–water partition coefficient (Wildman–Crippen LogP) is 3.55. The summed E-state index contributed by atoms with van der Waals surface area (Å²) in [6.07, 6.45) is -5.18. The van der Waals surface area contributed by atoms with Gasteiger partial charge in [0.2, 0.25) is 0 Å². The van der Waals surface area contributed by atoms with Crippen LogP contribution in [-0.2, 0) is 19.9 Å². The molecule has 0 radical (unpaired) electrons. The number of carbonyl (C=O) groups excluding carboxylic acids is 2. The van der Waals surface area contributed by atoms with E-state index in [1.807, 2.05) is 5.32 Å². The third kappa shape index (κ3) is 5.69. The van der Waals surface area contributed by atoms with E-state index in [9.17, 15) is 22.8 Å². The lowest BCUT2D eigenvalue weighted by Crippen LogP contribution is -2.63. The van der Waals surface area contributed by atoms with Crippen LogP contribution in [0.5, 0.6) is 5.75 Å². The van der Waals surface area contributed by atoms with Gasteiger partial charge in [-0.1, -0.05) is 31.6 Å². The third-order valence-corrected chi connectivity index (χ3v) is 5.25. The Bertz CT molecular complexity index is 901. The number of hydrogen-bond acceptors (Lipinski definition) is 6. The smallest absolute Gasteiger partial charge is 0.471 e. The molecule has 0 aliphatic carbocycles. The van der Waals surface area contributed by atoms with Crippen molar-refractivity contribution in [1.29, 1.82) is 0 Å². The largest absolute Gasteiger partial charge is 0.481 e. The lowest BCUT2D eigenvalue weighted by atomic mass is 9.80. The summed E-state index contributed by atoms with van der Waals surface area (Å²) < 4.78 is 50.2. The van der Waals surface area contributed by atoms with Crippen LogP contribution in [0.2, 0.25) is 0 Å². The Morgan fingerprint density at radius 1 is 1.31 bits per heavy atom. The molecule has 0 aromatic heterocycles. The van der Waals surface area contributed by atoms with Gasteiger partial charge in [0, 0.05) is 0 Å². The Balaban J connectivity index is 2.60. The second-order valence-corrected chi connectivity index (χ2v) is 9.08. The zero-order chi connectivity index (χ0) is 24.5. The van der Waals surface area contributed by atoms with Crippen molar-refractivity contribution >= 4 is 34.8 Å². The van der Waals surface area contributed by atoms with Gasteiger partial charge in [0.05, 0.1) is 11.7 Å². The van der Waals surface area contributed by atoms with Crippen LogP contribution >= 0.6 is 12.2 Å². The van der Waals surface area contributed by atoms with Crippen molar-refractivity contribution in [1.82, 2.24) is 5.32 Å². The summed E-state index contributed by atoms with van der Waals surface area (Å²) in [6, 6.07) is 3.08. The number of rotatable bonds is 6. The Morgan fingerprint density at radius 3 is 2.47 bits per heavy atom. The number of nitrogens with one attached hydrogen (secondary N) is 2. The summed E-state index contributed by atoms with van der Waals surface area (Å²) >= 11 is 5.21. The van der Waals surface area contributed by atoms with Crippen molar-refractivity contribution in [3.05, 3.63) is 23.8 Å². The molecule has 4 N–H and O–H groups in total. The number of carbonyl (C=O) groups is 2. The third-order valence-electron chi connectivity index (χ3n) is 4.81. The minimum Gasteiger partial charge on any atom is -0.481 e. The molecular weight excluding hydrogens is 447 g/mol. The van der Waals surface area contributed by atoms with Gasteiger partial charge < -0.3 is 25.8 Å². The maximum absolute atomic E-state index is 13.3. The van der Waals surface area contributed by atoms with Gasteiger partial charge in [-0.25, -0.2) is 4.79 Å².